The highest BCUT2D eigenvalue weighted by Gasteiger charge is 2.10. The molecule has 0 saturated carbocycles. The first kappa shape index (κ1) is 15.9. The Morgan fingerprint density at radius 2 is 1.95 bits per heavy atom. The summed E-state index contributed by atoms with van der Waals surface area (Å²) in [6, 6.07) is 9.17. The molecule has 22 heavy (non-hydrogen) atoms. The summed E-state index contributed by atoms with van der Waals surface area (Å²) in [5.41, 5.74) is 4.40. The molecule has 0 aliphatic carbocycles. The predicted octanol–water partition coefficient (Wildman–Crippen LogP) is 2.83. The molecule has 2 rings (SSSR count). The van der Waals surface area contributed by atoms with E-state index in [1.807, 2.05) is 24.3 Å². The van der Waals surface area contributed by atoms with Gasteiger partial charge in [0, 0.05) is 0 Å². The highest BCUT2D eigenvalue weighted by atomic mass is 28.3. The predicted molar refractivity (Wildman–Crippen MR) is 89.7 cm³/mol. The number of amides is 1. The molecule has 2 aromatic rings. The Hall–Kier alpha value is -2.45. The third kappa shape index (κ3) is 3.80. The average Bonchev–Trinajstić information content (AvgIpc) is 2.43. The summed E-state index contributed by atoms with van der Waals surface area (Å²) >= 11 is 0. The van der Waals surface area contributed by atoms with Gasteiger partial charge in [0.05, 0.1) is 18.4 Å². The molecule has 0 radical (unpaired) electrons. The van der Waals surface area contributed by atoms with Crippen LogP contribution in [-0.2, 0) is 0 Å². The van der Waals surface area contributed by atoms with Gasteiger partial charge in [0.2, 0.25) is 0 Å². The second kappa shape index (κ2) is 6.12. The summed E-state index contributed by atoms with van der Waals surface area (Å²) in [6.07, 6.45) is -1.34. The minimum Gasteiger partial charge on any atom is -0.530 e. The van der Waals surface area contributed by atoms with Gasteiger partial charge in [0.25, 0.3) is 0 Å². The van der Waals surface area contributed by atoms with E-state index in [-0.39, 0.29) is 0 Å². The number of anilines is 1. The van der Waals surface area contributed by atoms with Crippen molar-refractivity contribution >= 4 is 30.6 Å². The number of carbonyl (C=O) groups excluding carboxylic acids is 1. The molecule has 4 nitrogen and oxygen atoms in total. The number of carboxylic acid groups (broad SMARTS) is 1. The van der Waals surface area contributed by atoms with Crippen LogP contribution in [0.2, 0.25) is 19.6 Å². The molecule has 0 aliphatic rings. The van der Waals surface area contributed by atoms with Gasteiger partial charge in [0.15, 0.2) is 0 Å². The maximum atomic E-state index is 10.9. The number of nitrogens with one attached hydrogen (secondary N) is 1. The highest BCUT2D eigenvalue weighted by Crippen LogP contribution is 2.28. The van der Waals surface area contributed by atoms with Gasteiger partial charge in [-0.05, 0) is 35.0 Å². The fourth-order valence-electron chi connectivity index (χ4n) is 2.03. The Balaban J connectivity index is 2.68. The fourth-order valence-corrected chi connectivity index (χ4v) is 2.53. The van der Waals surface area contributed by atoms with E-state index in [2.05, 4.69) is 36.4 Å². The first-order chi connectivity index (χ1) is 10.3. The standard InChI is InChI=1S/C17H19NO3Si/c1-21-13-6-7-14-12(11-13)5-8-16(18-17(19)20)15(14)9-10-22(2,3)4/h5-8,11,18H,1-4H3,(H,19,20)/p-1. The molecule has 1 amide bonds. The van der Waals surface area contributed by atoms with Crippen LogP contribution in [0.25, 0.3) is 10.8 Å². The van der Waals surface area contributed by atoms with Gasteiger partial charge in [0.1, 0.15) is 19.9 Å². The number of carbonyl (C=O) groups is 1. The van der Waals surface area contributed by atoms with Crippen molar-refractivity contribution in [1.29, 1.82) is 0 Å². The van der Waals surface area contributed by atoms with Gasteiger partial charge in [-0.2, -0.15) is 0 Å². The van der Waals surface area contributed by atoms with E-state index in [1.54, 1.807) is 13.2 Å². The van der Waals surface area contributed by atoms with Gasteiger partial charge in [-0.1, -0.05) is 31.6 Å². The maximum Gasteiger partial charge on any atom is 0.138 e. The van der Waals surface area contributed by atoms with Crippen LogP contribution in [0.3, 0.4) is 0 Å². The number of hydrogen-bond donors (Lipinski definition) is 1. The van der Waals surface area contributed by atoms with Gasteiger partial charge >= 0.3 is 0 Å². The second-order valence-electron chi connectivity index (χ2n) is 5.99. The molecule has 0 saturated heterocycles. The van der Waals surface area contributed by atoms with Gasteiger partial charge < -0.3 is 20.0 Å². The first-order valence-corrected chi connectivity index (χ1v) is 10.4. The van der Waals surface area contributed by atoms with E-state index in [0.29, 0.717) is 11.3 Å². The van der Waals surface area contributed by atoms with Gasteiger partial charge in [-0.3, -0.25) is 0 Å². The van der Waals surface area contributed by atoms with Crippen LogP contribution in [0, 0.1) is 11.5 Å². The quantitative estimate of drug-likeness (QED) is 0.685. The number of rotatable bonds is 2. The van der Waals surface area contributed by atoms with E-state index in [9.17, 15) is 9.90 Å². The molecule has 0 spiro atoms. The molecule has 0 atom stereocenters. The highest BCUT2D eigenvalue weighted by molar-refractivity contribution is 6.83. The lowest BCUT2D eigenvalue weighted by Gasteiger charge is -2.13. The SMILES string of the molecule is COc1ccc2c(C#C[Si](C)(C)C)c(NC(=O)[O-])ccc2c1. The molecule has 0 aliphatic heterocycles. The van der Waals surface area contributed by atoms with Crippen LogP contribution in [0.4, 0.5) is 10.5 Å². The Labute approximate surface area is 131 Å². The Morgan fingerprint density at radius 1 is 1.23 bits per heavy atom. The third-order valence-corrected chi connectivity index (χ3v) is 3.90. The van der Waals surface area contributed by atoms with Crippen molar-refractivity contribution in [3.05, 3.63) is 35.9 Å². The van der Waals surface area contributed by atoms with E-state index in [0.717, 1.165) is 16.5 Å². The summed E-state index contributed by atoms with van der Waals surface area (Å²) < 4.78 is 5.22. The molecule has 0 bridgehead atoms. The van der Waals surface area contributed by atoms with E-state index in [1.165, 1.54) is 0 Å². The average molecular weight is 312 g/mol. The summed E-state index contributed by atoms with van der Waals surface area (Å²) in [4.78, 5) is 10.9. The summed E-state index contributed by atoms with van der Waals surface area (Å²) in [5.74, 6) is 3.90. The lowest BCUT2D eigenvalue weighted by molar-refractivity contribution is -0.242. The zero-order valence-electron chi connectivity index (χ0n) is 13.1. The summed E-state index contributed by atoms with van der Waals surface area (Å²) in [5, 5.41) is 15.0. The molecule has 2 aromatic carbocycles. The maximum absolute atomic E-state index is 10.9. The molecular formula is C17H18NO3Si-. The number of ether oxygens (including phenoxy) is 1. The number of methoxy groups -OCH3 is 1. The smallest absolute Gasteiger partial charge is 0.138 e. The molecule has 114 valence electrons. The monoisotopic (exact) mass is 312 g/mol. The molecule has 0 unspecified atom stereocenters. The fraction of sp³-hybridized carbons (Fsp3) is 0.235. The third-order valence-electron chi connectivity index (χ3n) is 3.03. The number of benzene rings is 2. The van der Waals surface area contributed by atoms with Crippen molar-refractivity contribution in [3.63, 3.8) is 0 Å². The van der Waals surface area contributed by atoms with Crippen LogP contribution >= 0.6 is 0 Å². The van der Waals surface area contributed by atoms with Crippen LogP contribution in [0.15, 0.2) is 30.3 Å². The molecule has 0 heterocycles. The van der Waals surface area contributed by atoms with Crippen molar-refractivity contribution < 1.29 is 14.6 Å². The Kier molecular flexibility index (Phi) is 4.43. The lowest BCUT2D eigenvalue weighted by atomic mass is 10.0. The molecular weight excluding hydrogens is 294 g/mol. The zero-order valence-corrected chi connectivity index (χ0v) is 14.1. The van der Waals surface area contributed by atoms with Crippen molar-refractivity contribution in [1.82, 2.24) is 0 Å². The van der Waals surface area contributed by atoms with E-state index < -0.39 is 14.2 Å². The summed E-state index contributed by atoms with van der Waals surface area (Å²) in [6.45, 7) is 6.42. The minimum absolute atomic E-state index is 0.448. The Morgan fingerprint density at radius 3 is 2.55 bits per heavy atom. The van der Waals surface area contributed by atoms with Crippen molar-refractivity contribution in [2.75, 3.05) is 12.4 Å². The van der Waals surface area contributed by atoms with Crippen molar-refractivity contribution in [2.45, 2.75) is 19.6 Å². The van der Waals surface area contributed by atoms with E-state index in [4.69, 9.17) is 4.74 Å². The number of hydrogen-bond acceptors (Lipinski definition) is 3. The zero-order chi connectivity index (χ0) is 16.3. The van der Waals surface area contributed by atoms with Crippen LogP contribution in [0.5, 0.6) is 5.75 Å². The van der Waals surface area contributed by atoms with Crippen molar-refractivity contribution in [3.8, 4) is 17.2 Å². The first-order valence-electron chi connectivity index (χ1n) is 6.92. The Bertz CT molecular complexity index is 782. The van der Waals surface area contributed by atoms with E-state index >= 15 is 0 Å². The largest absolute Gasteiger partial charge is 0.530 e. The number of fused-ring (bicyclic) bond motifs is 1. The summed E-state index contributed by atoms with van der Waals surface area (Å²) in [7, 11) is 0.0256. The minimum atomic E-state index is -1.58. The van der Waals surface area contributed by atoms with Gasteiger partial charge in [-0.25, -0.2) is 0 Å². The lowest BCUT2D eigenvalue weighted by Crippen LogP contribution is -2.29. The second-order valence-corrected chi connectivity index (χ2v) is 10.7. The molecule has 5 heteroatoms. The molecule has 0 aromatic heterocycles. The topological polar surface area (TPSA) is 61.4 Å². The van der Waals surface area contributed by atoms with Gasteiger partial charge in [-0.15, -0.1) is 5.54 Å². The molecule has 1 N–H and O–H groups in total. The van der Waals surface area contributed by atoms with Crippen molar-refractivity contribution in [2.24, 2.45) is 0 Å². The normalized spacial score (nSPS) is 10.7. The molecule has 0 fully saturated rings. The van der Waals surface area contributed by atoms with Crippen LogP contribution < -0.4 is 15.2 Å². The van der Waals surface area contributed by atoms with Crippen LogP contribution in [0.1, 0.15) is 5.56 Å². The van der Waals surface area contributed by atoms with Crippen LogP contribution in [-0.4, -0.2) is 21.3 Å².